The van der Waals surface area contributed by atoms with E-state index >= 15 is 0 Å². The van der Waals surface area contributed by atoms with Crippen LogP contribution in [0.3, 0.4) is 0 Å². The number of carbonyl (C=O) groups excluding carboxylic acids is 1. The summed E-state index contributed by atoms with van der Waals surface area (Å²) in [6.45, 7) is 6.01. The summed E-state index contributed by atoms with van der Waals surface area (Å²) in [7, 11) is 0. The lowest BCUT2D eigenvalue weighted by atomic mass is 9.89. The molecule has 1 aromatic carbocycles. The van der Waals surface area contributed by atoms with Gasteiger partial charge in [0.15, 0.2) is 0 Å². The second-order valence-corrected chi connectivity index (χ2v) is 6.31. The van der Waals surface area contributed by atoms with Crippen LogP contribution in [0.25, 0.3) is 0 Å². The molecule has 1 heterocycles. The molecule has 4 unspecified atom stereocenters. The van der Waals surface area contributed by atoms with Crippen molar-refractivity contribution in [2.24, 2.45) is 11.8 Å². The van der Waals surface area contributed by atoms with E-state index in [4.69, 9.17) is 16.3 Å². The Hall–Kier alpha value is -0.580. The molecule has 1 saturated heterocycles. The highest BCUT2D eigenvalue weighted by Gasteiger charge is 2.41. The maximum atomic E-state index is 12.3. The van der Waals surface area contributed by atoms with E-state index in [0.29, 0.717) is 5.02 Å². The summed E-state index contributed by atoms with van der Waals surface area (Å²) in [6, 6.07) is 5.34. The van der Waals surface area contributed by atoms with Gasteiger partial charge >= 0.3 is 0 Å². The molecule has 1 amide bonds. The molecule has 1 aliphatic heterocycles. The van der Waals surface area contributed by atoms with Gasteiger partial charge in [0.1, 0.15) is 0 Å². The van der Waals surface area contributed by atoms with Crippen molar-refractivity contribution >= 4 is 39.1 Å². The van der Waals surface area contributed by atoms with Gasteiger partial charge in [0.05, 0.1) is 23.1 Å². The smallest absolute Gasteiger partial charge is 0.230 e. The summed E-state index contributed by atoms with van der Waals surface area (Å²) in [5.41, 5.74) is 0.736. The zero-order valence-corrected chi connectivity index (χ0v) is 13.5. The largest absolute Gasteiger partial charge is 0.374 e. The topological polar surface area (TPSA) is 38.3 Å². The first-order chi connectivity index (χ1) is 8.90. The Morgan fingerprint density at radius 2 is 2.00 bits per heavy atom. The highest BCUT2D eigenvalue weighted by molar-refractivity contribution is 9.10. The van der Waals surface area contributed by atoms with Gasteiger partial charge in [-0.25, -0.2) is 0 Å². The minimum atomic E-state index is -0.121. The normalized spacial score (nSPS) is 30.4. The van der Waals surface area contributed by atoms with Crippen LogP contribution in [-0.2, 0) is 9.53 Å². The number of carbonyl (C=O) groups is 1. The van der Waals surface area contributed by atoms with Crippen LogP contribution in [0.5, 0.6) is 0 Å². The van der Waals surface area contributed by atoms with Crippen molar-refractivity contribution in [3.63, 3.8) is 0 Å². The SMILES string of the molecule is CC1OC(C)C(C(=O)Nc2ccc(Cl)c(Br)c2)C1C. The van der Waals surface area contributed by atoms with Crippen LogP contribution in [0.15, 0.2) is 22.7 Å². The van der Waals surface area contributed by atoms with Crippen LogP contribution in [-0.4, -0.2) is 18.1 Å². The molecule has 104 valence electrons. The van der Waals surface area contributed by atoms with Crippen molar-refractivity contribution in [1.29, 1.82) is 0 Å². The van der Waals surface area contributed by atoms with Gasteiger partial charge in [0.25, 0.3) is 0 Å². The van der Waals surface area contributed by atoms with E-state index in [1.165, 1.54) is 0 Å². The molecule has 4 atom stereocenters. The molecule has 0 spiro atoms. The second-order valence-electron chi connectivity index (χ2n) is 5.05. The van der Waals surface area contributed by atoms with Gasteiger partial charge < -0.3 is 10.1 Å². The van der Waals surface area contributed by atoms with E-state index in [9.17, 15) is 4.79 Å². The average molecular weight is 347 g/mol. The Balaban J connectivity index is 2.10. The van der Waals surface area contributed by atoms with E-state index in [0.717, 1.165) is 10.2 Å². The predicted molar refractivity (Wildman–Crippen MR) is 80.4 cm³/mol. The Morgan fingerprint density at radius 3 is 2.53 bits per heavy atom. The maximum absolute atomic E-state index is 12.3. The highest BCUT2D eigenvalue weighted by atomic mass is 79.9. The number of hydrogen-bond acceptors (Lipinski definition) is 2. The summed E-state index contributed by atoms with van der Waals surface area (Å²) in [5, 5.41) is 3.55. The minimum absolute atomic E-state index is 0.00132. The third-order valence-electron chi connectivity index (χ3n) is 3.73. The first-order valence-electron chi connectivity index (χ1n) is 6.31. The predicted octanol–water partition coefficient (Wildman–Crippen LogP) is 4.10. The van der Waals surface area contributed by atoms with Crippen molar-refractivity contribution in [2.45, 2.75) is 33.0 Å². The third-order valence-corrected chi connectivity index (χ3v) is 4.95. The van der Waals surface area contributed by atoms with Gasteiger partial charge in [-0.2, -0.15) is 0 Å². The molecular weight excluding hydrogens is 330 g/mol. The van der Waals surface area contributed by atoms with E-state index < -0.39 is 0 Å². The summed E-state index contributed by atoms with van der Waals surface area (Å²) in [4.78, 5) is 12.3. The number of halogens is 2. The third kappa shape index (κ3) is 3.12. The molecule has 1 aliphatic rings. The zero-order valence-electron chi connectivity index (χ0n) is 11.1. The molecule has 0 bridgehead atoms. The van der Waals surface area contributed by atoms with E-state index in [-0.39, 0.29) is 30.0 Å². The number of nitrogens with one attached hydrogen (secondary N) is 1. The van der Waals surface area contributed by atoms with E-state index in [2.05, 4.69) is 28.2 Å². The Morgan fingerprint density at radius 1 is 1.32 bits per heavy atom. The van der Waals surface area contributed by atoms with Gasteiger partial charge in [-0.15, -0.1) is 0 Å². The fraction of sp³-hybridized carbons (Fsp3) is 0.500. The molecule has 5 heteroatoms. The number of ether oxygens (including phenoxy) is 1. The fourth-order valence-electron chi connectivity index (χ4n) is 2.52. The minimum Gasteiger partial charge on any atom is -0.374 e. The van der Waals surface area contributed by atoms with Gasteiger partial charge in [-0.05, 0) is 53.9 Å². The number of benzene rings is 1. The molecule has 0 aliphatic carbocycles. The lowest BCUT2D eigenvalue weighted by molar-refractivity contribution is -0.121. The number of anilines is 1. The van der Waals surface area contributed by atoms with Crippen LogP contribution in [0, 0.1) is 11.8 Å². The molecule has 1 fully saturated rings. The molecule has 19 heavy (non-hydrogen) atoms. The summed E-state index contributed by atoms with van der Waals surface area (Å²) < 4.78 is 6.46. The van der Waals surface area contributed by atoms with Gasteiger partial charge in [0, 0.05) is 10.2 Å². The molecular formula is C14H17BrClNO2. The van der Waals surface area contributed by atoms with Crippen molar-refractivity contribution in [2.75, 3.05) is 5.32 Å². The van der Waals surface area contributed by atoms with Crippen LogP contribution >= 0.6 is 27.5 Å². The van der Waals surface area contributed by atoms with E-state index in [1.54, 1.807) is 18.2 Å². The number of hydrogen-bond donors (Lipinski definition) is 1. The molecule has 0 saturated carbocycles. The van der Waals surface area contributed by atoms with Gasteiger partial charge in [0.2, 0.25) is 5.91 Å². The highest BCUT2D eigenvalue weighted by Crippen LogP contribution is 2.33. The zero-order chi connectivity index (χ0) is 14.2. The lowest BCUT2D eigenvalue weighted by Crippen LogP contribution is -2.31. The molecule has 0 aromatic heterocycles. The number of amides is 1. The molecule has 1 N–H and O–H groups in total. The van der Waals surface area contributed by atoms with Crippen molar-refractivity contribution < 1.29 is 9.53 Å². The second kappa shape index (κ2) is 5.81. The van der Waals surface area contributed by atoms with Crippen LogP contribution < -0.4 is 5.32 Å². The van der Waals surface area contributed by atoms with Crippen molar-refractivity contribution in [3.05, 3.63) is 27.7 Å². The maximum Gasteiger partial charge on any atom is 0.230 e. The molecule has 2 rings (SSSR count). The van der Waals surface area contributed by atoms with Gasteiger partial charge in [-0.1, -0.05) is 18.5 Å². The van der Waals surface area contributed by atoms with Gasteiger partial charge in [-0.3, -0.25) is 4.79 Å². The summed E-state index contributed by atoms with van der Waals surface area (Å²) in [5.74, 6) is 0.0915. The first-order valence-corrected chi connectivity index (χ1v) is 7.48. The van der Waals surface area contributed by atoms with Crippen molar-refractivity contribution in [3.8, 4) is 0 Å². The molecule has 0 radical (unpaired) electrons. The standard InChI is InChI=1S/C14H17BrClNO2/c1-7-8(2)19-9(3)13(7)14(18)17-10-4-5-12(16)11(15)6-10/h4-9,13H,1-3H3,(H,17,18). The molecule has 1 aromatic rings. The fourth-order valence-corrected chi connectivity index (χ4v) is 3.01. The Kier molecular flexibility index (Phi) is 4.54. The average Bonchev–Trinajstić information content (AvgIpc) is 2.58. The Bertz CT molecular complexity index is 494. The summed E-state index contributed by atoms with van der Waals surface area (Å²) >= 11 is 9.28. The van der Waals surface area contributed by atoms with E-state index in [1.807, 2.05) is 13.8 Å². The van der Waals surface area contributed by atoms with Crippen LogP contribution in [0.1, 0.15) is 20.8 Å². The van der Waals surface area contributed by atoms with Crippen LogP contribution in [0.2, 0.25) is 5.02 Å². The molecule has 3 nitrogen and oxygen atoms in total. The number of rotatable bonds is 2. The van der Waals surface area contributed by atoms with Crippen molar-refractivity contribution in [1.82, 2.24) is 0 Å². The quantitative estimate of drug-likeness (QED) is 0.875. The summed E-state index contributed by atoms with van der Waals surface area (Å²) in [6.07, 6.45) is 0.0587. The van der Waals surface area contributed by atoms with Crippen LogP contribution in [0.4, 0.5) is 5.69 Å². The monoisotopic (exact) mass is 345 g/mol. The lowest BCUT2D eigenvalue weighted by Gasteiger charge is -2.18. The Labute approximate surface area is 126 Å². The first kappa shape index (κ1) is 14.8.